The largest absolute Gasteiger partial charge is 0.507 e. The van der Waals surface area contributed by atoms with E-state index in [1.807, 2.05) is 19.1 Å². The van der Waals surface area contributed by atoms with Crippen LogP contribution in [0.2, 0.25) is 0 Å². The van der Waals surface area contributed by atoms with Gasteiger partial charge in [-0.15, -0.1) is 0 Å². The number of carbonyl (C=O) groups is 1. The van der Waals surface area contributed by atoms with Gasteiger partial charge in [-0.25, -0.2) is 4.79 Å². The van der Waals surface area contributed by atoms with Crippen molar-refractivity contribution in [2.75, 3.05) is 0 Å². The van der Waals surface area contributed by atoms with E-state index >= 15 is 0 Å². The molecule has 2 rings (SSSR count). The minimum absolute atomic E-state index is 0.0422. The predicted molar refractivity (Wildman–Crippen MR) is 79.4 cm³/mol. The zero-order valence-corrected chi connectivity index (χ0v) is 12.1. The molecule has 108 valence electrons. The van der Waals surface area contributed by atoms with Gasteiger partial charge < -0.3 is 10.2 Å². The Kier molecular flexibility index (Phi) is 4.48. The number of hydrogen-bond donors (Lipinski definition) is 2. The molecular weight excluding hydrogens is 252 g/mol. The fourth-order valence-corrected chi connectivity index (χ4v) is 3.02. The normalized spacial score (nSPS) is 18.7. The maximum absolute atomic E-state index is 11.4. The summed E-state index contributed by atoms with van der Waals surface area (Å²) in [7, 11) is 0. The number of benzene rings is 1. The predicted octanol–water partition coefficient (Wildman–Crippen LogP) is 4.26. The first kappa shape index (κ1) is 14.6. The van der Waals surface area contributed by atoms with E-state index in [9.17, 15) is 15.0 Å². The van der Waals surface area contributed by atoms with E-state index in [1.165, 1.54) is 5.57 Å². The third-order valence-electron chi connectivity index (χ3n) is 4.00. The van der Waals surface area contributed by atoms with E-state index in [0.717, 1.165) is 36.8 Å². The van der Waals surface area contributed by atoms with Crippen LogP contribution in [0, 0.1) is 0 Å². The van der Waals surface area contributed by atoms with Crippen LogP contribution >= 0.6 is 0 Å². The van der Waals surface area contributed by atoms with E-state index in [1.54, 1.807) is 0 Å². The van der Waals surface area contributed by atoms with Gasteiger partial charge in [0.25, 0.3) is 0 Å². The Morgan fingerprint density at radius 2 is 2.15 bits per heavy atom. The molecule has 3 heteroatoms. The number of rotatable bonds is 4. The highest BCUT2D eigenvalue weighted by Gasteiger charge is 2.23. The molecule has 1 unspecified atom stereocenters. The van der Waals surface area contributed by atoms with Crippen molar-refractivity contribution in [3.05, 3.63) is 40.5 Å². The molecule has 1 aliphatic rings. The first-order chi connectivity index (χ1) is 9.54. The molecule has 0 aliphatic heterocycles. The van der Waals surface area contributed by atoms with Crippen molar-refractivity contribution in [3.63, 3.8) is 0 Å². The number of carboxylic acid groups (broad SMARTS) is 1. The topological polar surface area (TPSA) is 57.5 Å². The minimum Gasteiger partial charge on any atom is -0.507 e. The molecule has 0 amide bonds. The monoisotopic (exact) mass is 274 g/mol. The minimum atomic E-state index is -1.04. The molecule has 1 aromatic rings. The molecule has 0 bridgehead atoms. The molecule has 0 fully saturated rings. The molecule has 0 saturated heterocycles. The van der Waals surface area contributed by atoms with Gasteiger partial charge in [0, 0.05) is 11.5 Å². The van der Waals surface area contributed by atoms with Crippen LogP contribution in [0.15, 0.2) is 23.8 Å². The maximum Gasteiger partial charge on any atom is 0.339 e. The number of allylic oxidation sites excluding steroid dienone is 2. The van der Waals surface area contributed by atoms with Gasteiger partial charge in [0.05, 0.1) is 0 Å². The highest BCUT2D eigenvalue weighted by atomic mass is 16.4. The number of carboxylic acids is 1. The number of aryl methyl sites for hydroxylation is 1. The summed E-state index contributed by atoms with van der Waals surface area (Å²) < 4.78 is 0. The van der Waals surface area contributed by atoms with Crippen LogP contribution in [0.5, 0.6) is 5.75 Å². The maximum atomic E-state index is 11.4. The summed E-state index contributed by atoms with van der Waals surface area (Å²) >= 11 is 0. The van der Waals surface area contributed by atoms with Gasteiger partial charge in [-0.05, 0) is 38.2 Å². The highest BCUT2D eigenvalue weighted by molar-refractivity contribution is 5.93. The van der Waals surface area contributed by atoms with Crippen LogP contribution in [-0.4, -0.2) is 16.2 Å². The SMILES string of the molecule is CCCc1ccc(C2C=C(C)CCC2)c(O)c1C(=O)O. The van der Waals surface area contributed by atoms with Crippen LogP contribution in [0.1, 0.15) is 66.9 Å². The third kappa shape index (κ3) is 2.87. The molecule has 0 aromatic heterocycles. The van der Waals surface area contributed by atoms with Crippen LogP contribution in [0.25, 0.3) is 0 Å². The van der Waals surface area contributed by atoms with Crippen LogP contribution in [0.3, 0.4) is 0 Å². The molecule has 1 atom stereocenters. The average Bonchev–Trinajstić information content (AvgIpc) is 2.38. The molecule has 0 radical (unpaired) electrons. The third-order valence-corrected chi connectivity index (χ3v) is 4.00. The summed E-state index contributed by atoms with van der Waals surface area (Å²) in [6, 6.07) is 3.76. The van der Waals surface area contributed by atoms with Crippen LogP contribution < -0.4 is 0 Å². The summed E-state index contributed by atoms with van der Waals surface area (Å²) in [4.78, 5) is 11.4. The Hall–Kier alpha value is -1.77. The van der Waals surface area contributed by atoms with Gasteiger partial charge >= 0.3 is 5.97 Å². The van der Waals surface area contributed by atoms with Gasteiger partial charge in [0.2, 0.25) is 0 Å². The first-order valence-corrected chi connectivity index (χ1v) is 7.30. The lowest BCUT2D eigenvalue weighted by atomic mass is 9.84. The molecular formula is C17H22O3. The van der Waals surface area contributed by atoms with Crippen molar-refractivity contribution in [3.8, 4) is 5.75 Å². The van der Waals surface area contributed by atoms with Crippen molar-refractivity contribution in [1.29, 1.82) is 0 Å². The van der Waals surface area contributed by atoms with E-state index in [-0.39, 0.29) is 17.2 Å². The molecule has 1 aliphatic carbocycles. The Balaban J connectivity index is 2.48. The van der Waals surface area contributed by atoms with Gasteiger partial charge in [-0.2, -0.15) is 0 Å². The number of aromatic hydroxyl groups is 1. The van der Waals surface area contributed by atoms with Crippen molar-refractivity contribution >= 4 is 5.97 Å². The molecule has 3 nitrogen and oxygen atoms in total. The van der Waals surface area contributed by atoms with E-state index in [2.05, 4.69) is 13.0 Å². The van der Waals surface area contributed by atoms with Crippen molar-refractivity contribution in [1.82, 2.24) is 0 Å². The molecule has 0 spiro atoms. The number of phenols is 1. The van der Waals surface area contributed by atoms with E-state index in [0.29, 0.717) is 6.42 Å². The lowest BCUT2D eigenvalue weighted by Crippen LogP contribution is -2.08. The van der Waals surface area contributed by atoms with Crippen molar-refractivity contribution in [2.45, 2.75) is 51.9 Å². The molecule has 2 N–H and O–H groups in total. The summed E-state index contributed by atoms with van der Waals surface area (Å²) in [6.07, 6.45) is 6.85. The van der Waals surface area contributed by atoms with E-state index < -0.39 is 5.97 Å². The zero-order valence-electron chi connectivity index (χ0n) is 12.1. The number of aromatic carboxylic acids is 1. The standard InChI is InChI=1S/C17H22O3/c1-3-5-12-8-9-14(16(18)15(12)17(19)20)13-7-4-6-11(2)10-13/h8-10,13,18H,3-7H2,1-2H3,(H,19,20). The number of hydrogen-bond acceptors (Lipinski definition) is 2. The lowest BCUT2D eigenvalue weighted by molar-refractivity contribution is 0.0692. The van der Waals surface area contributed by atoms with Crippen LogP contribution in [0.4, 0.5) is 0 Å². The van der Waals surface area contributed by atoms with Gasteiger partial charge in [-0.3, -0.25) is 0 Å². The zero-order chi connectivity index (χ0) is 14.7. The van der Waals surface area contributed by atoms with E-state index in [4.69, 9.17) is 0 Å². The second-order valence-corrected chi connectivity index (χ2v) is 5.60. The molecule has 0 heterocycles. The Morgan fingerprint density at radius 1 is 1.40 bits per heavy atom. The fraction of sp³-hybridized carbons (Fsp3) is 0.471. The van der Waals surface area contributed by atoms with Crippen molar-refractivity contribution in [2.24, 2.45) is 0 Å². The van der Waals surface area contributed by atoms with Crippen LogP contribution in [-0.2, 0) is 6.42 Å². The first-order valence-electron chi connectivity index (χ1n) is 7.30. The Labute approximate surface area is 120 Å². The second-order valence-electron chi connectivity index (χ2n) is 5.60. The molecule has 20 heavy (non-hydrogen) atoms. The Bertz CT molecular complexity index is 543. The summed E-state index contributed by atoms with van der Waals surface area (Å²) in [5.41, 5.74) is 2.87. The molecule has 0 saturated carbocycles. The summed E-state index contributed by atoms with van der Waals surface area (Å²) in [6.45, 7) is 4.09. The molecule has 1 aromatic carbocycles. The smallest absolute Gasteiger partial charge is 0.339 e. The quantitative estimate of drug-likeness (QED) is 0.807. The summed E-state index contributed by atoms with van der Waals surface area (Å²) in [5.74, 6) is -0.943. The summed E-state index contributed by atoms with van der Waals surface area (Å²) in [5, 5.41) is 19.8. The van der Waals surface area contributed by atoms with Gasteiger partial charge in [0.15, 0.2) is 0 Å². The lowest BCUT2D eigenvalue weighted by Gasteiger charge is -2.22. The van der Waals surface area contributed by atoms with Crippen molar-refractivity contribution < 1.29 is 15.0 Å². The highest BCUT2D eigenvalue weighted by Crippen LogP contribution is 2.38. The van der Waals surface area contributed by atoms with Gasteiger partial charge in [-0.1, -0.05) is 37.1 Å². The Morgan fingerprint density at radius 3 is 2.75 bits per heavy atom. The van der Waals surface area contributed by atoms with Gasteiger partial charge in [0.1, 0.15) is 11.3 Å². The fourth-order valence-electron chi connectivity index (χ4n) is 3.02. The average molecular weight is 274 g/mol. The second kappa shape index (κ2) is 6.12.